The SMILES string of the molecule is CCC.CCC(C)(C)CNC. The van der Waals surface area contributed by atoms with E-state index in [-0.39, 0.29) is 0 Å². The summed E-state index contributed by atoms with van der Waals surface area (Å²) in [6.07, 6.45) is 2.49. The van der Waals surface area contributed by atoms with Crippen molar-refractivity contribution in [3.8, 4) is 0 Å². The maximum Gasteiger partial charge on any atom is -0.0000589 e. The quantitative estimate of drug-likeness (QED) is 0.667. The Balaban J connectivity index is 0. The van der Waals surface area contributed by atoms with Crippen LogP contribution in [0.25, 0.3) is 0 Å². The fourth-order valence-electron chi connectivity index (χ4n) is 0.604. The van der Waals surface area contributed by atoms with Crippen LogP contribution in [0.5, 0.6) is 0 Å². The molecule has 0 spiro atoms. The van der Waals surface area contributed by atoms with Gasteiger partial charge in [-0.05, 0) is 25.4 Å². The predicted molar refractivity (Wildman–Crippen MR) is 54.0 cm³/mol. The fourth-order valence-corrected chi connectivity index (χ4v) is 0.604. The van der Waals surface area contributed by atoms with Gasteiger partial charge in [0.15, 0.2) is 0 Å². The molecule has 0 aromatic heterocycles. The topological polar surface area (TPSA) is 12.0 Å². The normalized spacial score (nSPS) is 10.4. The molecule has 0 unspecified atom stereocenters. The van der Waals surface area contributed by atoms with Crippen LogP contribution in [0.15, 0.2) is 0 Å². The van der Waals surface area contributed by atoms with Crippen LogP contribution in [0.4, 0.5) is 0 Å². The van der Waals surface area contributed by atoms with Gasteiger partial charge in [-0.15, -0.1) is 0 Å². The molecule has 1 heteroatoms. The van der Waals surface area contributed by atoms with Gasteiger partial charge >= 0.3 is 0 Å². The smallest absolute Gasteiger partial charge is 0.0000589 e. The maximum atomic E-state index is 3.16. The highest BCUT2D eigenvalue weighted by Crippen LogP contribution is 2.16. The van der Waals surface area contributed by atoms with Crippen LogP contribution >= 0.6 is 0 Å². The fraction of sp³-hybridized carbons (Fsp3) is 1.00. The third-order valence-corrected chi connectivity index (χ3v) is 1.61. The van der Waals surface area contributed by atoms with Crippen molar-refractivity contribution in [3.63, 3.8) is 0 Å². The average Bonchev–Trinajstić information content (AvgIpc) is 1.90. The Kier molecular flexibility index (Phi) is 9.92. The Bertz CT molecular complexity index is 67.3. The van der Waals surface area contributed by atoms with Crippen molar-refractivity contribution in [2.75, 3.05) is 13.6 Å². The van der Waals surface area contributed by atoms with Gasteiger partial charge in [-0.3, -0.25) is 0 Å². The van der Waals surface area contributed by atoms with E-state index in [1.54, 1.807) is 0 Å². The van der Waals surface area contributed by atoms with Gasteiger partial charge in [0.05, 0.1) is 0 Å². The summed E-state index contributed by atoms with van der Waals surface area (Å²) < 4.78 is 0. The highest BCUT2D eigenvalue weighted by Gasteiger charge is 2.11. The molecule has 0 aliphatic carbocycles. The third-order valence-electron chi connectivity index (χ3n) is 1.61. The van der Waals surface area contributed by atoms with Gasteiger partial charge in [0.2, 0.25) is 0 Å². The minimum atomic E-state index is 0.481. The molecule has 1 N–H and O–H groups in total. The van der Waals surface area contributed by atoms with Gasteiger partial charge in [-0.2, -0.15) is 0 Å². The molecular weight excluding hydrogens is 134 g/mol. The molecule has 11 heavy (non-hydrogen) atoms. The molecule has 0 aliphatic rings. The lowest BCUT2D eigenvalue weighted by Crippen LogP contribution is -2.25. The Morgan fingerprint density at radius 1 is 1.09 bits per heavy atom. The molecule has 70 valence electrons. The molecular formula is C10H25N. The molecule has 0 bridgehead atoms. The first-order chi connectivity index (χ1) is 5.04. The number of nitrogens with one attached hydrogen (secondary N) is 1. The van der Waals surface area contributed by atoms with E-state index in [1.807, 2.05) is 7.05 Å². The van der Waals surface area contributed by atoms with Crippen LogP contribution in [0.2, 0.25) is 0 Å². The summed E-state index contributed by atoms with van der Waals surface area (Å²) in [7, 11) is 2.00. The summed E-state index contributed by atoms with van der Waals surface area (Å²) in [6.45, 7) is 12.1. The molecule has 0 heterocycles. The monoisotopic (exact) mass is 159 g/mol. The Hall–Kier alpha value is -0.0400. The van der Waals surface area contributed by atoms with Crippen molar-refractivity contribution < 1.29 is 0 Å². The molecule has 0 rings (SSSR count). The first-order valence-corrected chi connectivity index (χ1v) is 4.68. The summed E-state index contributed by atoms with van der Waals surface area (Å²) in [4.78, 5) is 0. The minimum absolute atomic E-state index is 0.481. The molecule has 0 saturated carbocycles. The van der Waals surface area contributed by atoms with Gasteiger partial charge in [0.1, 0.15) is 0 Å². The second kappa shape index (κ2) is 8.06. The predicted octanol–water partition coefficient (Wildman–Crippen LogP) is 3.06. The van der Waals surface area contributed by atoms with E-state index >= 15 is 0 Å². The highest BCUT2D eigenvalue weighted by atomic mass is 14.8. The lowest BCUT2D eigenvalue weighted by Gasteiger charge is -2.21. The van der Waals surface area contributed by atoms with Crippen LogP contribution in [0.3, 0.4) is 0 Å². The van der Waals surface area contributed by atoms with E-state index in [4.69, 9.17) is 0 Å². The second-order valence-electron chi connectivity index (χ2n) is 3.76. The van der Waals surface area contributed by atoms with E-state index in [9.17, 15) is 0 Å². The minimum Gasteiger partial charge on any atom is -0.319 e. The lowest BCUT2D eigenvalue weighted by atomic mass is 9.90. The maximum absolute atomic E-state index is 3.16. The van der Waals surface area contributed by atoms with Crippen molar-refractivity contribution in [2.45, 2.75) is 47.5 Å². The van der Waals surface area contributed by atoms with E-state index in [0.717, 1.165) is 6.54 Å². The van der Waals surface area contributed by atoms with E-state index < -0.39 is 0 Å². The van der Waals surface area contributed by atoms with Crippen LogP contribution in [-0.4, -0.2) is 13.6 Å². The van der Waals surface area contributed by atoms with Crippen molar-refractivity contribution in [1.29, 1.82) is 0 Å². The summed E-state index contributed by atoms with van der Waals surface area (Å²) in [5.74, 6) is 0. The standard InChI is InChI=1S/C7H17N.C3H8/c1-5-7(2,3)6-8-4;1-3-2/h8H,5-6H2,1-4H3;3H2,1-2H3. The molecule has 0 radical (unpaired) electrons. The van der Waals surface area contributed by atoms with Crippen LogP contribution in [-0.2, 0) is 0 Å². The molecule has 0 atom stereocenters. The molecule has 0 fully saturated rings. The van der Waals surface area contributed by atoms with E-state index in [0.29, 0.717) is 5.41 Å². The van der Waals surface area contributed by atoms with Crippen LogP contribution in [0, 0.1) is 5.41 Å². The van der Waals surface area contributed by atoms with Crippen LogP contribution < -0.4 is 5.32 Å². The van der Waals surface area contributed by atoms with Crippen molar-refractivity contribution in [3.05, 3.63) is 0 Å². The summed E-state index contributed by atoms with van der Waals surface area (Å²) in [5, 5.41) is 3.16. The Morgan fingerprint density at radius 2 is 1.45 bits per heavy atom. The van der Waals surface area contributed by atoms with Crippen molar-refractivity contribution in [2.24, 2.45) is 5.41 Å². The van der Waals surface area contributed by atoms with Crippen molar-refractivity contribution >= 4 is 0 Å². The number of hydrogen-bond donors (Lipinski definition) is 1. The average molecular weight is 159 g/mol. The molecule has 0 aliphatic heterocycles. The molecule has 0 aromatic carbocycles. The van der Waals surface area contributed by atoms with E-state index in [1.165, 1.54) is 12.8 Å². The first-order valence-electron chi connectivity index (χ1n) is 4.68. The third kappa shape index (κ3) is 13.0. The van der Waals surface area contributed by atoms with E-state index in [2.05, 4.69) is 39.9 Å². The first kappa shape index (κ1) is 13.5. The molecule has 1 nitrogen and oxygen atoms in total. The van der Waals surface area contributed by atoms with Gasteiger partial charge in [-0.1, -0.05) is 41.0 Å². The second-order valence-corrected chi connectivity index (χ2v) is 3.76. The molecule has 0 saturated heterocycles. The summed E-state index contributed by atoms with van der Waals surface area (Å²) in [6, 6.07) is 0. The number of rotatable bonds is 3. The van der Waals surface area contributed by atoms with Gasteiger partial charge < -0.3 is 5.32 Å². The van der Waals surface area contributed by atoms with Crippen molar-refractivity contribution in [1.82, 2.24) is 5.32 Å². The zero-order valence-electron chi connectivity index (χ0n) is 9.12. The summed E-state index contributed by atoms with van der Waals surface area (Å²) >= 11 is 0. The lowest BCUT2D eigenvalue weighted by molar-refractivity contribution is 0.339. The van der Waals surface area contributed by atoms with Crippen LogP contribution in [0.1, 0.15) is 47.5 Å². The summed E-state index contributed by atoms with van der Waals surface area (Å²) in [5.41, 5.74) is 0.481. The van der Waals surface area contributed by atoms with Gasteiger partial charge in [0.25, 0.3) is 0 Å². The van der Waals surface area contributed by atoms with Gasteiger partial charge in [0, 0.05) is 0 Å². The molecule has 0 amide bonds. The Morgan fingerprint density at radius 3 is 1.55 bits per heavy atom. The molecule has 0 aromatic rings. The Labute approximate surface area is 72.6 Å². The largest absolute Gasteiger partial charge is 0.319 e. The zero-order chi connectivity index (χ0) is 9.33. The zero-order valence-corrected chi connectivity index (χ0v) is 9.12. The highest BCUT2D eigenvalue weighted by molar-refractivity contribution is 4.67. The van der Waals surface area contributed by atoms with Gasteiger partial charge in [-0.25, -0.2) is 0 Å². The number of hydrogen-bond acceptors (Lipinski definition) is 1.